The number of halogens is 1. The third kappa shape index (κ3) is 3.41. The Morgan fingerprint density at radius 3 is 2.59 bits per heavy atom. The number of hydrogen-bond donors (Lipinski definition) is 2. The molecule has 0 spiro atoms. The topological polar surface area (TPSA) is 43.7 Å². The van der Waals surface area contributed by atoms with Crippen LogP contribution in [0.5, 0.6) is 0 Å². The van der Waals surface area contributed by atoms with Gasteiger partial charge in [-0.05, 0) is 19.4 Å². The van der Waals surface area contributed by atoms with Crippen LogP contribution in [0, 0.1) is 5.82 Å². The molecular formula is C13H20FNO2. The van der Waals surface area contributed by atoms with Gasteiger partial charge in [-0.15, -0.1) is 0 Å². The largest absolute Gasteiger partial charge is 0.395 e. The van der Waals surface area contributed by atoms with Crippen molar-refractivity contribution in [1.82, 2.24) is 0 Å². The highest BCUT2D eigenvalue weighted by molar-refractivity contribution is 5.55. The molecule has 0 fully saturated rings. The molecule has 1 atom stereocenters. The zero-order chi connectivity index (χ0) is 12.8. The SMILES string of the molecule is CCCN(CCO)c1c(F)cccc1C(C)O. The molecule has 0 aliphatic carbocycles. The van der Waals surface area contributed by atoms with Crippen molar-refractivity contribution in [2.75, 3.05) is 24.6 Å². The van der Waals surface area contributed by atoms with Gasteiger partial charge in [0.25, 0.3) is 0 Å². The maximum atomic E-state index is 13.9. The summed E-state index contributed by atoms with van der Waals surface area (Å²) in [5.74, 6) is -0.356. The minimum Gasteiger partial charge on any atom is -0.395 e. The van der Waals surface area contributed by atoms with Crippen LogP contribution < -0.4 is 4.90 Å². The third-order valence-electron chi connectivity index (χ3n) is 2.65. The lowest BCUT2D eigenvalue weighted by atomic mass is 10.1. The summed E-state index contributed by atoms with van der Waals surface area (Å²) in [6, 6.07) is 4.67. The van der Waals surface area contributed by atoms with E-state index in [1.807, 2.05) is 6.92 Å². The molecule has 96 valence electrons. The molecule has 1 rings (SSSR count). The number of aliphatic hydroxyl groups excluding tert-OH is 2. The van der Waals surface area contributed by atoms with E-state index in [0.717, 1.165) is 6.42 Å². The van der Waals surface area contributed by atoms with E-state index in [1.165, 1.54) is 6.07 Å². The molecule has 0 aliphatic heterocycles. The van der Waals surface area contributed by atoms with E-state index in [4.69, 9.17) is 5.11 Å². The molecule has 1 aromatic rings. The van der Waals surface area contributed by atoms with Gasteiger partial charge in [-0.3, -0.25) is 0 Å². The number of hydrogen-bond acceptors (Lipinski definition) is 3. The number of aliphatic hydroxyl groups is 2. The molecule has 1 unspecified atom stereocenters. The third-order valence-corrected chi connectivity index (χ3v) is 2.65. The Balaban J connectivity index is 3.14. The second-order valence-corrected chi connectivity index (χ2v) is 4.06. The van der Waals surface area contributed by atoms with E-state index in [1.54, 1.807) is 24.0 Å². The van der Waals surface area contributed by atoms with Crippen molar-refractivity contribution in [1.29, 1.82) is 0 Å². The molecule has 0 saturated carbocycles. The van der Waals surface area contributed by atoms with Crippen LogP contribution in [0.15, 0.2) is 18.2 Å². The first-order chi connectivity index (χ1) is 8.11. The Morgan fingerprint density at radius 1 is 1.35 bits per heavy atom. The Hall–Kier alpha value is -1.13. The van der Waals surface area contributed by atoms with Crippen LogP contribution in [0.3, 0.4) is 0 Å². The fourth-order valence-corrected chi connectivity index (χ4v) is 1.93. The smallest absolute Gasteiger partial charge is 0.146 e. The van der Waals surface area contributed by atoms with E-state index in [2.05, 4.69) is 0 Å². The Kier molecular flexibility index (Phi) is 5.38. The summed E-state index contributed by atoms with van der Waals surface area (Å²) >= 11 is 0. The fraction of sp³-hybridized carbons (Fsp3) is 0.538. The van der Waals surface area contributed by atoms with Crippen LogP contribution in [0.25, 0.3) is 0 Å². The number of para-hydroxylation sites is 1. The maximum Gasteiger partial charge on any atom is 0.146 e. The minimum atomic E-state index is -0.723. The number of anilines is 1. The lowest BCUT2D eigenvalue weighted by Gasteiger charge is -2.27. The van der Waals surface area contributed by atoms with Gasteiger partial charge in [0.15, 0.2) is 0 Å². The van der Waals surface area contributed by atoms with E-state index in [-0.39, 0.29) is 12.4 Å². The first-order valence-electron chi connectivity index (χ1n) is 5.94. The molecule has 0 aliphatic rings. The summed E-state index contributed by atoms with van der Waals surface area (Å²) < 4.78 is 13.9. The van der Waals surface area contributed by atoms with Crippen molar-refractivity contribution in [3.63, 3.8) is 0 Å². The summed E-state index contributed by atoms with van der Waals surface area (Å²) in [5.41, 5.74) is 0.963. The molecule has 3 nitrogen and oxygen atoms in total. The van der Waals surface area contributed by atoms with E-state index in [9.17, 15) is 9.50 Å². The van der Waals surface area contributed by atoms with Crippen LogP contribution >= 0.6 is 0 Å². The fourth-order valence-electron chi connectivity index (χ4n) is 1.93. The van der Waals surface area contributed by atoms with Crippen LogP contribution in [0.2, 0.25) is 0 Å². The van der Waals surface area contributed by atoms with E-state index < -0.39 is 6.10 Å². The molecule has 0 amide bonds. The highest BCUT2D eigenvalue weighted by Gasteiger charge is 2.17. The van der Waals surface area contributed by atoms with Gasteiger partial charge in [0.05, 0.1) is 18.4 Å². The molecule has 2 N–H and O–H groups in total. The average molecular weight is 241 g/mol. The molecule has 4 heteroatoms. The van der Waals surface area contributed by atoms with Crippen LogP contribution in [-0.2, 0) is 0 Å². The Morgan fingerprint density at radius 2 is 2.06 bits per heavy atom. The normalized spacial score (nSPS) is 12.5. The first-order valence-corrected chi connectivity index (χ1v) is 5.94. The van der Waals surface area contributed by atoms with Crippen molar-refractivity contribution in [3.8, 4) is 0 Å². The molecule has 0 bridgehead atoms. The maximum absolute atomic E-state index is 13.9. The zero-order valence-corrected chi connectivity index (χ0v) is 10.4. The van der Waals surface area contributed by atoms with Gasteiger partial charge in [0.2, 0.25) is 0 Å². The molecule has 0 radical (unpaired) electrons. The molecule has 0 aromatic heterocycles. The van der Waals surface area contributed by atoms with Crippen molar-refractivity contribution in [2.45, 2.75) is 26.4 Å². The van der Waals surface area contributed by atoms with Crippen molar-refractivity contribution >= 4 is 5.69 Å². The van der Waals surface area contributed by atoms with Crippen LogP contribution in [0.1, 0.15) is 31.9 Å². The van der Waals surface area contributed by atoms with Crippen molar-refractivity contribution in [3.05, 3.63) is 29.6 Å². The average Bonchev–Trinajstić information content (AvgIpc) is 2.28. The van der Waals surface area contributed by atoms with Crippen molar-refractivity contribution < 1.29 is 14.6 Å². The van der Waals surface area contributed by atoms with E-state index in [0.29, 0.717) is 24.3 Å². The lowest BCUT2D eigenvalue weighted by Crippen LogP contribution is -2.29. The minimum absolute atomic E-state index is 0.0341. The molecule has 0 saturated heterocycles. The van der Waals surface area contributed by atoms with Gasteiger partial charge in [-0.1, -0.05) is 19.1 Å². The Labute approximate surface area is 101 Å². The molecule has 1 aromatic carbocycles. The summed E-state index contributed by atoms with van der Waals surface area (Å²) in [6.45, 7) is 4.60. The van der Waals surface area contributed by atoms with Crippen LogP contribution in [-0.4, -0.2) is 29.9 Å². The molecule has 0 heterocycles. The second-order valence-electron chi connectivity index (χ2n) is 4.06. The van der Waals surface area contributed by atoms with Crippen LogP contribution in [0.4, 0.5) is 10.1 Å². The first kappa shape index (κ1) is 13.9. The molecule has 17 heavy (non-hydrogen) atoms. The lowest BCUT2D eigenvalue weighted by molar-refractivity contribution is 0.199. The number of nitrogens with zero attached hydrogens (tertiary/aromatic N) is 1. The molecular weight excluding hydrogens is 221 g/mol. The van der Waals surface area contributed by atoms with Gasteiger partial charge in [-0.2, -0.15) is 0 Å². The van der Waals surface area contributed by atoms with Gasteiger partial charge < -0.3 is 15.1 Å². The number of rotatable bonds is 6. The summed E-state index contributed by atoms with van der Waals surface area (Å²) in [5, 5.41) is 18.7. The number of benzene rings is 1. The van der Waals surface area contributed by atoms with Gasteiger partial charge in [-0.25, -0.2) is 4.39 Å². The summed E-state index contributed by atoms with van der Waals surface area (Å²) in [6.07, 6.45) is 0.131. The van der Waals surface area contributed by atoms with Gasteiger partial charge in [0, 0.05) is 18.7 Å². The van der Waals surface area contributed by atoms with Crippen molar-refractivity contribution in [2.24, 2.45) is 0 Å². The summed E-state index contributed by atoms with van der Waals surface area (Å²) in [7, 11) is 0. The quantitative estimate of drug-likeness (QED) is 0.801. The summed E-state index contributed by atoms with van der Waals surface area (Å²) in [4.78, 5) is 1.78. The second kappa shape index (κ2) is 6.57. The zero-order valence-electron chi connectivity index (χ0n) is 10.4. The Bertz CT molecular complexity index is 349. The van der Waals surface area contributed by atoms with E-state index >= 15 is 0 Å². The van der Waals surface area contributed by atoms with Gasteiger partial charge >= 0.3 is 0 Å². The standard InChI is InChI=1S/C13H20FNO2/c1-3-7-15(8-9-16)13-11(10(2)17)5-4-6-12(13)14/h4-6,10,16-17H,3,7-9H2,1-2H3. The monoisotopic (exact) mass is 241 g/mol. The highest BCUT2D eigenvalue weighted by Crippen LogP contribution is 2.29. The van der Waals surface area contributed by atoms with Gasteiger partial charge in [0.1, 0.15) is 5.82 Å². The highest BCUT2D eigenvalue weighted by atomic mass is 19.1. The predicted molar refractivity (Wildman–Crippen MR) is 66.6 cm³/mol. The predicted octanol–water partition coefficient (Wildman–Crippen LogP) is 2.09.